The van der Waals surface area contributed by atoms with Gasteiger partial charge in [-0.25, -0.2) is 0 Å². The highest BCUT2D eigenvalue weighted by Crippen LogP contribution is 2.21. The molecule has 1 N–H and O–H groups in total. The summed E-state index contributed by atoms with van der Waals surface area (Å²) in [6, 6.07) is 14.8. The molecule has 2 amide bonds. The fourth-order valence-corrected chi connectivity index (χ4v) is 2.77. The Morgan fingerprint density at radius 2 is 1.86 bits per heavy atom. The standard InChI is InChI=1S/C17H15BrN2O2/c18-14-7-5-12(6-8-14)16(21)19-9-10-20-11-13-3-1-2-4-15(13)17(20)22/h1-8H,9-11H2,(H,19,21). The van der Waals surface area contributed by atoms with E-state index < -0.39 is 0 Å². The molecule has 4 nitrogen and oxygen atoms in total. The second-order valence-corrected chi connectivity index (χ2v) is 6.06. The smallest absolute Gasteiger partial charge is 0.254 e. The second-order valence-electron chi connectivity index (χ2n) is 5.15. The highest BCUT2D eigenvalue weighted by Gasteiger charge is 2.26. The molecule has 0 spiro atoms. The lowest BCUT2D eigenvalue weighted by Gasteiger charge is -2.15. The summed E-state index contributed by atoms with van der Waals surface area (Å²) in [5, 5.41) is 2.84. The number of benzene rings is 2. The van der Waals surface area contributed by atoms with Crippen LogP contribution in [0.25, 0.3) is 0 Å². The minimum Gasteiger partial charge on any atom is -0.350 e. The Morgan fingerprint density at radius 1 is 1.14 bits per heavy atom. The molecule has 112 valence electrons. The molecule has 0 unspecified atom stereocenters. The van der Waals surface area contributed by atoms with Gasteiger partial charge in [0.25, 0.3) is 11.8 Å². The van der Waals surface area contributed by atoms with Crippen LogP contribution < -0.4 is 5.32 Å². The second kappa shape index (κ2) is 6.32. The van der Waals surface area contributed by atoms with Gasteiger partial charge in [-0.15, -0.1) is 0 Å². The largest absolute Gasteiger partial charge is 0.350 e. The summed E-state index contributed by atoms with van der Waals surface area (Å²) >= 11 is 3.34. The molecule has 0 saturated carbocycles. The summed E-state index contributed by atoms with van der Waals surface area (Å²) in [7, 11) is 0. The first-order chi connectivity index (χ1) is 10.6. The Bertz CT molecular complexity index is 713. The lowest BCUT2D eigenvalue weighted by molar-refractivity contribution is 0.0770. The van der Waals surface area contributed by atoms with Crippen molar-refractivity contribution < 1.29 is 9.59 Å². The van der Waals surface area contributed by atoms with Crippen LogP contribution in [0.5, 0.6) is 0 Å². The monoisotopic (exact) mass is 358 g/mol. The Morgan fingerprint density at radius 3 is 2.59 bits per heavy atom. The summed E-state index contributed by atoms with van der Waals surface area (Å²) in [5.74, 6) is -0.0925. The Hall–Kier alpha value is -2.14. The van der Waals surface area contributed by atoms with Crippen molar-refractivity contribution in [2.45, 2.75) is 6.54 Å². The molecule has 1 heterocycles. The molecule has 0 atom stereocenters. The van der Waals surface area contributed by atoms with Crippen LogP contribution in [0.1, 0.15) is 26.3 Å². The van der Waals surface area contributed by atoms with Crippen LogP contribution in [0.3, 0.4) is 0 Å². The topological polar surface area (TPSA) is 49.4 Å². The average molecular weight is 359 g/mol. The zero-order valence-corrected chi connectivity index (χ0v) is 13.5. The van der Waals surface area contributed by atoms with E-state index in [9.17, 15) is 9.59 Å². The van der Waals surface area contributed by atoms with E-state index in [1.54, 1.807) is 17.0 Å². The summed E-state index contributed by atoms with van der Waals surface area (Å²) in [4.78, 5) is 25.9. The molecule has 0 fully saturated rings. The van der Waals surface area contributed by atoms with Crippen molar-refractivity contribution in [3.05, 3.63) is 69.7 Å². The number of nitrogens with one attached hydrogen (secondary N) is 1. The van der Waals surface area contributed by atoms with E-state index in [2.05, 4.69) is 21.2 Å². The SMILES string of the molecule is O=C(NCCN1Cc2ccccc2C1=O)c1ccc(Br)cc1. The van der Waals surface area contributed by atoms with E-state index in [1.807, 2.05) is 36.4 Å². The van der Waals surface area contributed by atoms with Crippen LogP contribution in [0.2, 0.25) is 0 Å². The van der Waals surface area contributed by atoms with Crippen LogP contribution in [0, 0.1) is 0 Å². The normalized spacial score (nSPS) is 13.1. The third-order valence-electron chi connectivity index (χ3n) is 3.67. The lowest BCUT2D eigenvalue weighted by Crippen LogP contribution is -2.35. The Kier molecular flexibility index (Phi) is 4.24. The summed E-state index contributed by atoms with van der Waals surface area (Å²) in [5.41, 5.74) is 2.42. The van der Waals surface area contributed by atoms with Crippen molar-refractivity contribution in [2.75, 3.05) is 13.1 Å². The van der Waals surface area contributed by atoms with Gasteiger partial charge >= 0.3 is 0 Å². The van der Waals surface area contributed by atoms with Crippen molar-refractivity contribution in [1.82, 2.24) is 10.2 Å². The van der Waals surface area contributed by atoms with E-state index >= 15 is 0 Å². The molecule has 0 aliphatic carbocycles. The zero-order valence-electron chi connectivity index (χ0n) is 11.9. The van der Waals surface area contributed by atoms with E-state index in [-0.39, 0.29) is 11.8 Å². The molecular formula is C17H15BrN2O2. The number of carbonyl (C=O) groups excluding carboxylic acids is 2. The summed E-state index contributed by atoms with van der Waals surface area (Å²) in [6.07, 6.45) is 0. The lowest BCUT2D eigenvalue weighted by atomic mass is 10.1. The number of amides is 2. The van der Waals surface area contributed by atoms with Crippen LogP contribution in [0.4, 0.5) is 0 Å². The van der Waals surface area contributed by atoms with Gasteiger partial charge in [0, 0.05) is 35.2 Å². The summed E-state index contributed by atoms with van der Waals surface area (Å²) < 4.78 is 0.935. The average Bonchev–Trinajstić information content (AvgIpc) is 2.85. The molecule has 2 aromatic carbocycles. The van der Waals surface area contributed by atoms with Gasteiger partial charge in [-0.2, -0.15) is 0 Å². The van der Waals surface area contributed by atoms with E-state index in [0.29, 0.717) is 25.2 Å². The van der Waals surface area contributed by atoms with Crippen LogP contribution in [0.15, 0.2) is 53.0 Å². The van der Waals surface area contributed by atoms with Crippen LogP contribution in [-0.2, 0) is 6.54 Å². The number of fused-ring (bicyclic) bond motifs is 1. The fraction of sp³-hybridized carbons (Fsp3) is 0.176. The maximum atomic E-state index is 12.2. The molecule has 5 heteroatoms. The molecule has 1 aliphatic rings. The third kappa shape index (κ3) is 3.04. The van der Waals surface area contributed by atoms with Gasteiger partial charge in [0.15, 0.2) is 0 Å². The highest BCUT2D eigenvalue weighted by molar-refractivity contribution is 9.10. The number of hydrogen-bond acceptors (Lipinski definition) is 2. The quantitative estimate of drug-likeness (QED) is 0.913. The van der Waals surface area contributed by atoms with Crippen molar-refractivity contribution in [3.63, 3.8) is 0 Å². The third-order valence-corrected chi connectivity index (χ3v) is 4.20. The molecular weight excluding hydrogens is 344 g/mol. The van der Waals surface area contributed by atoms with Gasteiger partial charge in [-0.05, 0) is 35.9 Å². The molecule has 3 rings (SSSR count). The zero-order chi connectivity index (χ0) is 15.5. The van der Waals surface area contributed by atoms with Crippen LogP contribution in [-0.4, -0.2) is 29.8 Å². The van der Waals surface area contributed by atoms with Gasteiger partial charge in [-0.3, -0.25) is 9.59 Å². The Labute approximate surface area is 137 Å². The van der Waals surface area contributed by atoms with E-state index in [4.69, 9.17) is 0 Å². The summed E-state index contributed by atoms with van der Waals surface area (Å²) in [6.45, 7) is 1.56. The first-order valence-electron chi connectivity index (χ1n) is 7.06. The minimum atomic E-state index is -0.128. The predicted octanol–water partition coefficient (Wildman–Crippen LogP) is 2.83. The van der Waals surface area contributed by atoms with Crippen molar-refractivity contribution in [3.8, 4) is 0 Å². The number of rotatable bonds is 4. The highest BCUT2D eigenvalue weighted by atomic mass is 79.9. The Balaban J connectivity index is 1.53. The first-order valence-corrected chi connectivity index (χ1v) is 7.85. The molecule has 2 aromatic rings. The molecule has 0 bridgehead atoms. The van der Waals surface area contributed by atoms with E-state index in [0.717, 1.165) is 15.6 Å². The predicted molar refractivity (Wildman–Crippen MR) is 87.7 cm³/mol. The number of carbonyl (C=O) groups is 2. The molecule has 0 aromatic heterocycles. The molecule has 0 radical (unpaired) electrons. The van der Waals surface area contributed by atoms with Gasteiger partial charge in [0.05, 0.1) is 0 Å². The fourth-order valence-electron chi connectivity index (χ4n) is 2.50. The van der Waals surface area contributed by atoms with Gasteiger partial charge in [0.1, 0.15) is 0 Å². The molecule has 0 saturated heterocycles. The van der Waals surface area contributed by atoms with Crippen LogP contribution >= 0.6 is 15.9 Å². The first kappa shape index (κ1) is 14.8. The number of nitrogens with zero attached hydrogens (tertiary/aromatic N) is 1. The number of halogens is 1. The number of hydrogen-bond donors (Lipinski definition) is 1. The van der Waals surface area contributed by atoms with Crippen molar-refractivity contribution in [1.29, 1.82) is 0 Å². The van der Waals surface area contributed by atoms with E-state index in [1.165, 1.54) is 0 Å². The van der Waals surface area contributed by atoms with Gasteiger partial charge in [-0.1, -0.05) is 34.1 Å². The molecule has 1 aliphatic heterocycles. The maximum Gasteiger partial charge on any atom is 0.254 e. The van der Waals surface area contributed by atoms with Crippen molar-refractivity contribution in [2.24, 2.45) is 0 Å². The maximum absolute atomic E-state index is 12.2. The van der Waals surface area contributed by atoms with Gasteiger partial charge in [0.2, 0.25) is 0 Å². The van der Waals surface area contributed by atoms with Gasteiger partial charge < -0.3 is 10.2 Å². The van der Waals surface area contributed by atoms with Crippen molar-refractivity contribution >= 4 is 27.7 Å². The molecule has 22 heavy (non-hydrogen) atoms. The minimum absolute atomic E-state index is 0.0356.